The fraction of sp³-hybridized carbons (Fsp3) is 0.200. The summed E-state index contributed by atoms with van der Waals surface area (Å²) < 4.78 is 2.72. The third-order valence-corrected chi connectivity index (χ3v) is 18.9. The van der Waals surface area contributed by atoms with Crippen LogP contribution in [0.5, 0.6) is 0 Å². The van der Waals surface area contributed by atoms with Crippen molar-refractivity contribution >= 4 is 59.3 Å². The number of fused-ring (bicyclic) bond motifs is 11. The Morgan fingerprint density at radius 3 is 1.82 bits per heavy atom. The van der Waals surface area contributed by atoms with Gasteiger partial charge in [-0.25, -0.2) is 0 Å². The van der Waals surface area contributed by atoms with E-state index in [9.17, 15) is 0 Å². The first-order valence-corrected chi connectivity index (χ1v) is 25.6. The first-order valence-electron chi connectivity index (χ1n) is 24.8. The van der Waals surface area contributed by atoms with E-state index in [0.717, 1.165) is 11.8 Å². The van der Waals surface area contributed by atoms with Crippen LogP contribution in [0.1, 0.15) is 68.2 Å². The Morgan fingerprint density at radius 2 is 1.00 bits per heavy atom. The lowest BCUT2D eigenvalue weighted by Gasteiger charge is -2.61. The van der Waals surface area contributed by atoms with E-state index >= 15 is 0 Å². The average molecular weight is 878 g/mol. The molecule has 4 saturated carbocycles. The molecule has 1 aromatic heterocycles. The molecule has 0 saturated heterocycles. The first-order chi connectivity index (χ1) is 32.9. The van der Waals surface area contributed by atoms with Gasteiger partial charge in [-0.2, -0.15) is 0 Å². The lowest BCUT2D eigenvalue weighted by atomic mass is 9.43. The quantitative estimate of drug-likeness (QED) is 0.166. The summed E-state index contributed by atoms with van der Waals surface area (Å²) in [4.78, 5) is 2.57. The highest BCUT2D eigenvalue weighted by Gasteiger charge is 2.61. The Hall–Kier alpha value is -6.74. The molecule has 1 spiro atoms. The highest BCUT2D eigenvalue weighted by molar-refractivity contribution is 7.27. The van der Waals surface area contributed by atoms with Crippen molar-refractivity contribution in [3.63, 3.8) is 0 Å². The summed E-state index contributed by atoms with van der Waals surface area (Å²) in [5.41, 5.74) is 20.4. The van der Waals surface area contributed by atoms with Crippen molar-refractivity contribution in [2.24, 2.45) is 23.7 Å². The molecule has 4 bridgehead atoms. The van der Waals surface area contributed by atoms with Gasteiger partial charge in [0.05, 0.1) is 0 Å². The molecule has 10 aromatic rings. The van der Waals surface area contributed by atoms with Crippen LogP contribution in [0.15, 0.2) is 188 Å². The second-order valence-corrected chi connectivity index (χ2v) is 22.2. The fourth-order valence-electron chi connectivity index (χ4n) is 15.2. The zero-order chi connectivity index (χ0) is 44.2. The second kappa shape index (κ2) is 13.9. The number of benzene rings is 9. The van der Waals surface area contributed by atoms with Crippen LogP contribution in [0.25, 0.3) is 75.5 Å². The third-order valence-electron chi connectivity index (χ3n) is 17.6. The smallest absolute Gasteiger partial charge is 0.0467 e. The van der Waals surface area contributed by atoms with E-state index in [1.54, 1.807) is 11.1 Å². The summed E-state index contributed by atoms with van der Waals surface area (Å²) in [5.74, 6) is 3.22. The van der Waals surface area contributed by atoms with Gasteiger partial charge < -0.3 is 4.90 Å². The second-order valence-electron chi connectivity index (χ2n) is 21.2. The van der Waals surface area contributed by atoms with Crippen LogP contribution in [0.2, 0.25) is 0 Å². The zero-order valence-corrected chi connectivity index (χ0v) is 38.9. The van der Waals surface area contributed by atoms with Gasteiger partial charge in [0.25, 0.3) is 0 Å². The topological polar surface area (TPSA) is 3.24 Å². The molecule has 67 heavy (non-hydrogen) atoms. The normalized spacial score (nSPS) is 22.4. The predicted molar refractivity (Wildman–Crippen MR) is 283 cm³/mol. The van der Waals surface area contributed by atoms with Gasteiger partial charge in [-0.05, 0) is 170 Å². The highest BCUT2D eigenvalue weighted by atomic mass is 32.1. The maximum absolute atomic E-state index is 2.65. The molecule has 0 radical (unpaired) electrons. The van der Waals surface area contributed by atoms with E-state index in [4.69, 9.17) is 0 Å². The lowest BCUT2D eigenvalue weighted by Crippen LogP contribution is -2.55. The Labute approximate surface area is 397 Å². The van der Waals surface area contributed by atoms with Crippen LogP contribution in [0.4, 0.5) is 17.1 Å². The van der Waals surface area contributed by atoms with Crippen LogP contribution in [0.3, 0.4) is 0 Å². The molecule has 0 unspecified atom stereocenters. The molecule has 0 amide bonds. The van der Waals surface area contributed by atoms with Crippen LogP contribution in [-0.4, -0.2) is 0 Å². The minimum Gasteiger partial charge on any atom is -0.310 e. The number of rotatable bonds is 5. The molecule has 0 N–H and O–H groups in total. The summed E-state index contributed by atoms with van der Waals surface area (Å²) in [6.07, 6.45) is 6.97. The van der Waals surface area contributed by atoms with Gasteiger partial charge in [0.1, 0.15) is 0 Å². The van der Waals surface area contributed by atoms with Gasteiger partial charge in [-0.15, -0.1) is 11.3 Å². The number of hydrogen-bond donors (Lipinski definition) is 0. The fourth-order valence-corrected chi connectivity index (χ4v) is 16.5. The largest absolute Gasteiger partial charge is 0.310 e. The third kappa shape index (κ3) is 5.26. The van der Waals surface area contributed by atoms with Crippen molar-refractivity contribution in [3.05, 3.63) is 210 Å². The molecule has 6 aliphatic rings. The van der Waals surface area contributed by atoms with Crippen molar-refractivity contribution in [3.8, 4) is 44.5 Å². The van der Waals surface area contributed by atoms with Crippen molar-refractivity contribution < 1.29 is 0 Å². The summed E-state index contributed by atoms with van der Waals surface area (Å²) in [7, 11) is 0. The molecule has 0 atom stereocenters. The Bertz CT molecular complexity index is 3670. The van der Waals surface area contributed by atoms with Gasteiger partial charge >= 0.3 is 0 Å². The first kappa shape index (κ1) is 38.4. The van der Waals surface area contributed by atoms with Crippen molar-refractivity contribution in [2.75, 3.05) is 4.90 Å². The molecule has 2 heteroatoms. The summed E-state index contributed by atoms with van der Waals surface area (Å²) in [6, 6.07) is 72.2. The van der Waals surface area contributed by atoms with E-state index in [1.165, 1.54) is 136 Å². The van der Waals surface area contributed by atoms with E-state index < -0.39 is 0 Å². The van der Waals surface area contributed by atoms with Crippen LogP contribution >= 0.6 is 11.3 Å². The molecule has 1 nitrogen and oxygen atoms in total. The molecule has 6 aliphatic carbocycles. The van der Waals surface area contributed by atoms with E-state index in [1.807, 2.05) is 11.3 Å². The van der Waals surface area contributed by atoms with Crippen LogP contribution in [-0.2, 0) is 10.8 Å². The highest BCUT2D eigenvalue weighted by Crippen LogP contribution is 2.69. The number of anilines is 3. The Balaban J connectivity index is 0.905. The molecule has 0 aliphatic heterocycles. The molecule has 322 valence electrons. The van der Waals surface area contributed by atoms with Gasteiger partial charge in [0.2, 0.25) is 0 Å². The molecular weight excluding hydrogens is 827 g/mol. The number of hydrogen-bond acceptors (Lipinski definition) is 2. The van der Waals surface area contributed by atoms with Crippen molar-refractivity contribution in [2.45, 2.75) is 56.8 Å². The summed E-state index contributed by atoms with van der Waals surface area (Å²) >= 11 is 1.94. The van der Waals surface area contributed by atoms with Crippen LogP contribution in [0, 0.1) is 23.7 Å². The van der Waals surface area contributed by atoms with E-state index in [2.05, 4.69) is 207 Å². The number of thiophene rings is 1. The molecule has 1 heterocycles. The van der Waals surface area contributed by atoms with Crippen molar-refractivity contribution in [1.82, 2.24) is 0 Å². The SMILES string of the molecule is CC1(C)c2ccccc2-c2cccc(-c3cccc(N(c4ccc(-c5cccc6c5sc5c7ccccc7ccc65)cc4)c4ccc5c(c4)C4(c6ccccc6-5)C5CC6CC(C5)CC4C6)c3)c21. The Kier molecular flexibility index (Phi) is 7.97. The summed E-state index contributed by atoms with van der Waals surface area (Å²) in [5, 5.41) is 5.31. The van der Waals surface area contributed by atoms with Gasteiger partial charge in [-0.1, -0.05) is 166 Å². The summed E-state index contributed by atoms with van der Waals surface area (Å²) in [6.45, 7) is 4.81. The standard InChI is InChI=1S/C65H51NS/c1-64(2)58-22-7-5-17-53(58)55-20-10-18-49(61(55)64)43-13-9-14-47(37-43)66(46-27-24-42(25-28-46)51-19-11-21-56-57-30-26-41-12-3-4-15-50(41)63(57)67-62(51)56)48-29-31-54-52-16-6-8-23-59(52)65(60(54)38-48)44-33-39-32-40(35-44)36-45(65)34-39/h3-31,37-40,44-45H,32-36H2,1-2H3. The van der Waals surface area contributed by atoms with Crippen LogP contribution < -0.4 is 4.90 Å². The van der Waals surface area contributed by atoms with E-state index in [-0.39, 0.29) is 10.8 Å². The number of nitrogens with zero attached hydrogens (tertiary/aromatic N) is 1. The minimum atomic E-state index is -0.111. The molecule has 16 rings (SSSR count). The lowest BCUT2D eigenvalue weighted by molar-refractivity contribution is -0.0399. The monoisotopic (exact) mass is 877 g/mol. The molecule has 4 fully saturated rings. The predicted octanol–water partition coefficient (Wildman–Crippen LogP) is 18.0. The van der Waals surface area contributed by atoms with Gasteiger partial charge in [0.15, 0.2) is 0 Å². The maximum Gasteiger partial charge on any atom is 0.0467 e. The molecule has 9 aromatic carbocycles. The van der Waals surface area contributed by atoms with Crippen molar-refractivity contribution in [1.29, 1.82) is 0 Å². The van der Waals surface area contributed by atoms with Gasteiger partial charge in [0, 0.05) is 48.1 Å². The maximum atomic E-state index is 2.65. The van der Waals surface area contributed by atoms with E-state index in [0.29, 0.717) is 11.8 Å². The zero-order valence-electron chi connectivity index (χ0n) is 38.1. The average Bonchev–Trinajstić information content (AvgIpc) is 3.98. The van der Waals surface area contributed by atoms with Gasteiger partial charge in [-0.3, -0.25) is 0 Å². The molecular formula is C65H51NS. The Morgan fingerprint density at radius 1 is 0.403 bits per heavy atom. The minimum absolute atomic E-state index is 0.0895.